The fourth-order valence-corrected chi connectivity index (χ4v) is 3.68. The van der Waals surface area contributed by atoms with Gasteiger partial charge in [-0.05, 0) is 57.4 Å². The van der Waals surface area contributed by atoms with Crippen molar-refractivity contribution in [1.82, 2.24) is 14.6 Å². The number of benzene rings is 1. The molecule has 2 N–H and O–H groups in total. The summed E-state index contributed by atoms with van der Waals surface area (Å²) in [5.41, 5.74) is 3.65. The van der Waals surface area contributed by atoms with Gasteiger partial charge < -0.3 is 15.4 Å². The molecule has 0 saturated heterocycles. The highest BCUT2D eigenvalue weighted by molar-refractivity contribution is 6.12. The normalized spacial score (nSPS) is 17.5. The van der Waals surface area contributed by atoms with E-state index in [1.807, 2.05) is 32.9 Å². The number of rotatable bonds is 6. The predicted octanol–water partition coefficient (Wildman–Crippen LogP) is 3.91. The number of nitrogens with one attached hydrogen (secondary N) is 2. The second-order valence-electron chi connectivity index (χ2n) is 8.44. The number of aromatic nitrogens is 3. The molecule has 9 nitrogen and oxygen atoms in total. The first-order valence-corrected chi connectivity index (χ1v) is 10.9. The summed E-state index contributed by atoms with van der Waals surface area (Å²) in [6.45, 7) is 5.69. The van der Waals surface area contributed by atoms with Crippen LogP contribution in [-0.4, -0.2) is 38.2 Å². The summed E-state index contributed by atoms with van der Waals surface area (Å²) in [7, 11) is 0. The number of hydrogen-bond donors (Lipinski definition) is 2. The number of allylic oxidation sites excluding steroid dienone is 1. The molecule has 0 radical (unpaired) electrons. The first-order chi connectivity index (χ1) is 15.9. The summed E-state index contributed by atoms with van der Waals surface area (Å²) >= 11 is 0. The van der Waals surface area contributed by atoms with Crippen molar-refractivity contribution >= 4 is 34.7 Å². The van der Waals surface area contributed by atoms with Crippen LogP contribution in [0.5, 0.6) is 11.6 Å². The standard InChI is InChI=1S/C24H24N6O3/c1-13-4-7-17(11-19(13)26-24(32)18-10-14(2)25-15(18)3)33-22-9-8-21-27-20(12-30(21)29-22)28-23(31)16-5-6-16/h4,7-12,15-16H,5-6H2,1-3H3,(H,26,32)(H,28,31). The molecule has 1 aliphatic heterocycles. The number of carbonyl (C=O) groups is 2. The Morgan fingerprint density at radius 2 is 1.94 bits per heavy atom. The zero-order chi connectivity index (χ0) is 23.1. The van der Waals surface area contributed by atoms with Crippen LogP contribution in [0, 0.1) is 12.8 Å². The minimum Gasteiger partial charge on any atom is -0.438 e. The van der Waals surface area contributed by atoms with Crippen LogP contribution in [0.2, 0.25) is 0 Å². The predicted molar refractivity (Wildman–Crippen MR) is 125 cm³/mol. The first kappa shape index (κ1) is 20.9. The number of ether oxygens (including phenoxy) is 1. The first-order valence-electron chi connectivity index (χ1n) is 10.9. The van der Waals surface area contributed by atoms with Crippen LogP contribution < -0.4 is 15.4 Å². The maximum Gasteiger partial charge on any atom is 0.253 e. The van der Waals surface area contributed by atoms with Crippen LogP contribution in [0.15, 0.2) is 53.2 Å². The van der Waals surface area contributed by atoms with Gasteiger partial charge in [0, 0.05) is 35.0 Å². The van der Waals surface area contributed by atoms with Gasteiger partial charge in [0.05, 0.1) is 12.2 Å². The van der Waals surface area contributed by atoms with Gasteiger partial charge in [-0.25, -0.2) is 9.50 Å². The van der Waals surface area contributed by atoms with Crippen molar-refractivity contribution in [2.75, 3.05) is 10.6 Å². The molecule has 33 heavy (non-hydrogen) atoms. The maximum atomic E-state index is 12.7. The quantitative estimate of drug-likeness (QED) is 0.599. The molecule has 1 aromatic carbocycles. The van der Waals surface area contributed by atoms with Crippen LogP contribution in [0.25, 0.3) is 5.65 Å². The van der Waals surface area contributed by atoms with E-state index >= 15 is 0 Å². The average molecular weight is 444 g/mol. The third kappa shape index (κ3) is 4.48. The molecule has 0 bridgehead atoms. The zero-order valence-corrected chi connectivity index (χ0v) is 18.6. The van der Waals surface area contributed by atoms with E-state index < -0.39 is 0 Å². The molecule has 1 atom stereocenters. The number of amides is 2. The van der Waals surface area contributed by atoms with Gasteiger partial charge in [-0.15, -0.1) is 5.10 Å². The molecule has 2 aromatic heterocycles. The SMILES string of the molecule is CC1=NC(C)C(C(=O)Nc2cc(Oc3ccc4nc(NC(=O)C5CC5)cn4n3)ccc2C)=C1. The van der Waals surface area contributed by atoms with Gasteiger partial charge in [0.1, 0.15) is 5.75 Å². The minimum atomic E-state index is -0.179. The lowest BCUT2D eigenvalue weighted by Gasteiger charge is -2.13. The Bertz CT molecular complexity index is 1340. The van der Waals surface area contributed by atoms with Crippen molar-refractivity contribution in [2.24, 2.45) is 10.9 Å². The number of aliphatic imine (C=N–C) groups is 1. The molecule has 2 amide bonds. The monoisotopic (exact) mass is 444 g/mol. The van der Waals surface area contributed by atoms with Crippen LogP contribution in [0.3, 0.4) is 0 Å². The molecule has 168 valence electrons. The van der Waals surface area contributed by atoms with Gasteiger partial charge in [-0.2, -0.15) is 0 Å². The van der Waals surface area contributed by atoms with Crippen LogP contribution in [0.1, 0.15) is 32.3 Å². The van der Waals surface area contributed by atoms with Gasteiger partial charge in [-0.1, -0.05) is 6.07 Å². The van der Waals surface area contributed by atoms with Crippen LogP contribution in [-0.2, 0) is 9.59 Å². The number of hydrogen-bond acceptors (Lipinski definition) is 6. The lowest BCUT2D eigenvalue weighted by molar-refractivity contribution is -0.117. The highest BCUT2D eigenvalue weighted by Crippen LogP contribution is 2.30. The van der Waals surface area contributed by atoms with Gasteiger partial charge in [-0.3, -0.25) is 14.6 Å². The molecule has 0 spiro atoms. The molecular weight excluding hydrogens is 420 g/mol. The molecule has 1 fully saturated rings. The van der Waals surface area contributed by atoms with Crippen molar-refractivity contribution in [1.29, 1.82) is 0 Å². The average Bonchev–Trinajstić information content (AvgIpc) is 3.46. The van der Waals surface area contributed by atoms with E-state index in [0.29, 0.717) is 34.4 Å². The van der Waals surface area contributed by atoms with Gasteiger partial charge in [0.25, 0.3) is 5.91 Å². The van der Waals surface area contributed by atoms with Gasteiger partial charge in [0.15, 0.2) is 11.5 Å². The molecule has 5 rings (SSSR count). The van der Waals surface area contributed by atoms with E-state index in [-0.39, 0.29) is 23.8 Å². The van der Waals surface area contributed by atoms with E-state index in [2.05, 4.69) is 25.7 Å². The van der Waals surface area contributed by atoms with Gasteiger partial charge in [0.2, 0.25) is 11.8 Å². The number of imidazole rings is 1. The minimum absolute atomic E-state index is 0.00593. The number of carbonyl (C=O) groups excluding carboxylic acids is 2. The summed E-state index contributed by atoms with van der Waals surface area (Å²) in [5.74, 6) is 1.27. The van der Waals surface area contributed by atoms with Crippen LogP contribution >= 0.6 is 0 Å². The summed E-state index contributed by atoms with van der Waals surface area (Å²) in [6.07, 6.45) is 5.32. The lowest BCUT2D eigenvalue weighted by Crippen LogP contribution is -2.19. The smallest absolute Gasteiger partial charge is 0.253 e. The van der Waals surface area contributed by atoms with Gasteiger partial charge >= 0.3 is 0 Å². The maximum absolute atomic E-state index is 12.7. The molecule has 3 aromatic rings. The Balaban J connectivity index is 1.31. The Labute approximate surface area is 190 Å². The van der Waals surface area contributed by atoms with Crippen molar-refractivity contribution in [3.63, 3.8) is 0 Å². The second-order valence-corrected chi connectivity index (χ2v) is 8.44. The Hall–Kier alpha value is -4.01. The number of anilines is 2. The molecule has 1 saturated carbocycles. The van der Waals surface area contributed by atoms with Crippen molar-refractivity contribution in [3.8, 4) is 11.6 Å². The Kier molecular flexibility index (Phi) is 5.16. The fraction of sp³-hybridized carbons (Fsp3) is 0.292. The van der Waals surface area contributed by atoms with E-state index in [1.54, 1.807) is 35.0 Å². The zero-order valence-electron chi connectivity index (χ0n) is 18.6. The fourth-order valence-electron chi connectivity index (χ4n) is 3.68. The van der Waals surface area contributed by atoms with Crippen molar-refractivity contribution in [3.05, 3.63) is 53.7 Å². The molecule has 1 unspecified atom stereocenters. The third-order valence-corrected chi connectivity index (χ3v) is 5.65. The Morgan fingerprint density at radius 3 is 2.67 bits per heavy atom. The van der Waals surface area contributed by atoms with E-state index in [4.69, 9.17) is 4.74 Å². The summed E-state index contributed by atoms with van der Waals surface area (Å²) in [4.78, 5) is 33.4. The van der Waals surface area contributed by atoms with Crippen molar-refractivity contribution < 1.29 is 14.3 Å². The van der Waals surface area contributed by atoms with E-state index in [9.17, 15) is 9.59 Å². The molecule has 9 heteroatoms. The second kappa shape index (κ2) is 8.16. The summed E-state index contributed by atoms with van der Waals surface area (Å²) in [5, 5.41) is 10.2. The third-order valence-electron chi connectivity index (χ3n) is 5.65. The van der Waals surface area contributed by atoms with E-state index in [1.165, 1.54) is 0 Å². The van der Waals surface area contributed by atoms with E-state index in [0.717, 1.165) is 24.1 Å². The van der Waals surface area contributed by atoms with Crippen LogP contribution in [0.4, 0.5) is 11.5 Å². The molecular formula is C24H24N6O3. The Morgan fingerprint density at radius 1 is 1.12 bits per heavy atom. The highest BCUT2D eigenvalue weighted by Gasteiger charge is 2.30. The molecule has 2 aliphatic rings. The summed E-state index contributed by atoms with van der Waals surface area (Å²) < 4.78 is 7.49. The largest absolute Gasteiger partial charge is 0.438 e. The lowest BCUT2D eigenvalue weighted by atomic mass is 10.1. The number of fused-ring (bicyclic) bond motifs is 1. The molecule has 1 aliphatic carbocycles. The highest BCUT2D eigenvalue weighted by atomic mass is 16.5. The van der Waals surface area contributed by atoms with Crippen molar-refractivity contribution in [2.45, 2.75) is 39.7 Å². The number of nitrogens with zero attached hydrogens (tertiary/aromatic N) is 4. The molecule has 3 heterocycles. The topological polar surface area (TPSA) is 110 Å². The number of aryl methyl sites for hydroxylation is 1. The summed E-state index contributed by atoms with van der Waals surface area (Å²) in [6, 6.07) is 8.77.